The Bertz CT molecular complexity index is 499. The Morgan fingerprint density at radius 2 is 2.06 bits per heavy atom. The van der Waals surface area contributed by atoms with Crippen molar-refractivity contribution in [2.75, 3.05) is 0 Å². The highest BCUT2D eigenvalue weighted by Crippen LogP contribution is 2.16. The lowest BCUT2D eigenvalue weighted by atomic mass is 10.1. The van der Waals surface area contributed by atoms with Crippen LogP contribution in [-0.2, 0) is 6.42 Å². The number of aromatic nitrogens is 2. The molecule has 1 heterocycles. The molecule has 0 amide bonds. The van der Waals surface area contributed by atoms with Crippen molar-refractivity contribution in [3.63, 3.8) is 0 Å². The van der Waals surface area contributed by atoms with Crippen LogP contribution in [0.25, 0.3) is 0 Å². The van der Waals surface area contributed by atoms with Gasteiger partial charge in [0.1, 0.15) is 12.0 Å². The molecule has 16 heavy (non-hydrogen) atoms. The molecule has 0 atom stereocenters. The molecule has 0 N–H and O–H groups in total. The van der Waals surface area contributed by atoms with Crippen LogP contribution in [0.3, 0.4) is 0 Å². The van der Waals surface area contributed by atoms with Crippen LogP contribution in [0.5, 0.6) is 0 Å². The van der Waals surface area contributed by atoms with E-state index in [0.29, 0.717) is 10.7 Å². The molecule has 1 aromatic heterocycles. The Labute approximate surface area is 98.1 Å². The fourth-order valence-electron chi connectivity index (χ4n) is 1.36. The fraction of sp³-hybridized carbons (Fsp3) is 0.0833. The molecule has 80 valence electrons. The molecule has 0 saturated carbocycles. The average molecular weight is 233 g/mol. The first kappa shape index (κ1) is 10.8. The van der Waals surface area contributed by atoms with Gasteiger partial charge < -0.3 is 0 Å². The highest BCUT2D eigenvalue weighted by Gasteiger charge is 2.09. The number of hydrogen-bond donors (Lipinski definition) is 0. The first-order chi connectivity index (χ1) is 7.77. The smallest absolute Gasteiger partial charge is 0.185 e. The zero-order valence-electron chi connectivity index (χ0n) is 8.43. The van der Waals surface area contributed by atoms with Crippen LogP contribution < -0.4 is 0 Å². The largest absolute Gasteiger partial charge is 0.292 e. The molecule has 0 saturated heterocycles. The van der Waals surface area contributed by atoms with E-state index in [4.69, 9.17) is 11.6 Å². The first-order valence-corrected chi connectivity index (χ1v) is 5.18. The van der Waals surface area contributed by atoms with Crippen LogP contribution in [0.4, 0.5) is 0 Å². The fourth-order valence-corrected chi connectivity index (χ4v) is 1.56. The first-order valence-electron chi connectivity index (χ1n) is 4.80. The van der Waals surface area contributed by atoms with E-state index in [1.165, 1.54) is 6.33 Å². The van der Waals surface area contributed by atoms with Gasteiger partial charge in [0.25, 0.3) is 0 Å². The third-order valence-electron chi connectivity index (χ3n) is 2.18. The Morgan fingerprint density at radius 3 is 2.75 bits per heavy atom. The Morgan fingerprint density at radius 1 is 1.25 bits per heavy atom. The van der Waals surface area contributed by atoms with Gasteiger partial charge >= 0.3 is 0 Å². The second kappa shape index (κ2) is 4.86. The lowest BCUT2D eigenvalue weighted by molar-refractivity contribution is 0.0988. The summed E-state index contributed by atoms with van der Waals surface area (Å²) in [6.45, 7) is 0. The monoisotopic (exact) mass is 232 g/mol. The molecule has 0 fully saturated rings. The van der Waals surface area contributed by atoms with Gasteiger partial charge in [-0.15, -0.1) is 0 Å². The number of hydrogen-bond acceptors (Lipinski definition) is 3. The molecule has 4 heteroatoms. The third kappa shape index (κ3) is 2.44. The zero-order chi connectivity index (χ0) is 11.4. The van der Waals surface area contributed by atoms with E-state index in [1.807, 2.05) is 18.2 Å². The zero-order valence-corrected chi connectivity index (χ0v) is 9.19. The van der Waals surface area contributed by atoms with Crippen LogP contribution in [-0.4, -0.2) is 15.8 Å². The number of halogens is 1. The van der Waals surface area contributed by atoms with Gasteiger partial charge in [0.2, 0.25) is 0 Å². The molecule has 2 aromatic rings. The van der Waals surface area contributed by atoms with E-state index in [2.05, 4.69) is 9.97 Å². The lowest BCUT2D eigenvalue weighted by Gasteiger charge is -2.02. The van der Waals surface area contributed by atoms with Gasteiger partial charge in [-0.2, -0.15) is 0 Å². The topological polar surface area (TPSA) is 42.9 Å². The minimum Gasteiger partial charge on any atom is -0.292 e. The van der Waals surface area contributed by atoms with Gasteiger partial charge in [0.15, 0.2) is 5.78 Å². The van der Waals surface area contributed by atoms with E-state index < -0.39 is 0 Å². The highest BCUT2D eigenvalue weighted by molar-refractivity contribution is 6.31. The van der Waals surface area contributed by atoms with Crippen molar-refractivity contribution < 1.29 is 4.79 Å². The Hall–Kier alpha value is -1.74. The number of carbonyl (C=O) groups excluding carboxylic acids is 1. The van der Waals surface area contributed by atoms with E-state index in [1.54, 1.807) is 18.3 Å². The molecular formula is C12H9ClN2O. The molecule has 0 bridgehead atoms. The highest BCUT2D eigenvalue weighted by atomic mass is 35.5. The Kier molecular flexibility index (Phi) is 3.27. The van der Waals surface area contributed by atoms with E-state index in [-0.39, 0.29) is 12.2 Å². The molecule has 1 aromatic carbocycles. The van der Waals surface area contributed by atoms with Gasteiger partial charge in [-0.1, -0.05) is 29.8 Å². The lowest BCUT2D eigenvalue weighted by Crippen LogP contribution is -2.06. The maximum Gasteiger partial charge on any atom is 0.185 e. The van der Waals surface area contributed by atoms with Crippen LogP contribution >= 0.6 is 11.6 Å². The molecule has 0 spiro atoms. The van der Waals surface area contributed by atoms with Gasteiger partial charge in [0.05, 0.1) is 0 Å². The summed E-state index contributed by atoms with van der Waals surface area (Å²) in [5.41, 5.74) is 1.22. The summed E-state index contributed by atoms with van der Waals surface area (Å²) in [5.74, 6) is -0.0597. The summed E-state index contributed by atoms with van der Waals surface area (Å²) in [6.07, 6.45) is 3.17. The summed E-state index contributed by atoms with van der Waals surface area (Å²) < 4.78 is 0. The Balaban J connectivity index is 2.18. The molecule has 0 unspecified atom stereocenters. The summed E-state index contributed by atoms with van der Waals surface area (Å²) in [6, 6.07) is 8.89. The van der Waals surface area contributed by atoms with Crippen LogP contribution in [0.1, 0.15) is 16.1 Å². The standard InChI is InChI=1S/C12H9ClN2O/c13-10-4-2-1-3-9(10)7-12(16)11-5-6-14-8-15-11/h1-6,8H,7H2. The predicted molar refractivity (Wildman–Crippen MR) is 61.5 cm³/mol. The van der Waals surface area contributed by atoms with Gasteiger partial charge in [-0.05, 0) is 17.7 Å². The summed E-state index contributed by atoms with van der Waals surface area (Å²) in [7, 11) is 0. The normalized spacial score (nSPS) is 10.1. The van der Waals surface area contributed by atoms with Crippen molar-refractivity contribution in [1.29, 1.82) is 0 Å². The number of nitrogens with zero attached hydrogens (tertiary/aromatic N) is 2. The second-order valence-electron chi connectivity index (χ2n) is 3.29. The van der Waals surface area contributed by atoms with E-state index in [0.717, 1.165) is 5.56 Å². The predicted octanol–water partition coefficient (Wildman–Crippen LogP) is 2.56. The van der Waals surface area contributed by atoms with E-state index in [9.17, 15) is 4.79 Å². The second-order valence-corrected chi connectivity index (χ2v) is 3.69. The quantitative estimate of drug-likeness (QED) is 0.764. The number of ketones is 1. The molecule has 2 rings (SSSR count). The molecule has 3 nitrogen and oxygen atoms in total. The van der Waals surface area contributed by atoms with Crippen molar-refractivity contribution >= 4 is 17.4 Å². The van der Waals surface area contributed by atoms with Gasteiger partial charge in [-0.3, -0.25) is 4.79 Å². The van der Waals surface area contributed by atoms with Gasteiger partial charge in [0, 0.05) is 17.6 Å². The number of carbonyl (C=O) groups is 1. The van der Waals surface area contributed by atoms with Crippen LogP contribution in [0.2, 0.25) is 5.02 Å². The van der Waals surface area contributed by atoms with Crippen molar-refractivity contribution in [2.45, 2.75) is 6.42 Å². The molecule has 0 aliphatic carbocycles. The van der Waals surface area contributed by atoms with Crippen molar-refractivity contribution in [3.8, 4) is 0 Å². The maximum absolute atomic E-state index is 11.8. The minimum absolute atomic E-state index is 0.0597. The minimum atomic E-state index is -0.0597. The van der Waals surface area contributed by atoms with Crippen molar-refractivity contribution in [3.05, 3.63) is 59.1 Å². The SMILES string of the molecule is O=C(Cc1ccccc1Cl)c1ccncn1. The summed E-state index contributed by atoms with van der Waals surface area (Å²) in [4.78, 5) is 19.5. The van der Waals surface area contributed by atoms with Crippen molar-refractivity contribution in [2.24, 2.45) is 0 Å². The van der Waals surface area contributed by atoms with E-state index >= 15 is 0 Å². The molecule has 0 aliphatic rings. The third-order valence-corrected chi connectivity index (χ3v) is 2.55. The van der Waals surface area contributed by atoms with Crippen LogP contribution in [0.15, 0.2) is 42.9 Å². The number of benzene rings is 1. The van der Waals surface area contributed by atoms with Gasteiger partial charge in [-0.25, -0.2) is 9.97 Å². The molecule has 0 aliphatic heterocycles. The average Bonchev–Trinajstić information content (AvgIpc) is 2.33. The molecule has 0 radical (unpaired) electrons. The van der Waals surface area contributed by atoms with Crippen molar-refractivity contribution in [1.82, 2.24) is 9.97 Å². The maximum atomic E-state index is 11.8. The number of Topliss-reactive ketones (excluding diaryl/α,β-unsaturated/α-hetero) is 1. The number of rotatable bonds is 3. The van der Waals surface area contributed by atoms with Crippen LogP contribution in [0, 0.1) is 0 Å². The molecular weight excluding hydrogens is 224 g/mol. The summed E-state index contributed by atoms with van der Waals surface area (Å²) in [5, 5.41) is 0.602. The summed E-state index contributed by atoms with van der Waals surface area (Å²) >= 11 is 5.97.